The van der Waals surface area contributed by atoms with E-state index in [1.54, 1.807) is 19.9 Å². The Morgan fingerprint density at radius 2 is 1.89 bits per heavy atom. The maximum Gasteiger partial charge on any atom is 0.326 e. The summed E-state index contributed by atoms with van der Waals surface area (Å²) in [5, 5.41) is 0.553. The molecule has 1 aromatic heterocycles. The lowest BCUT2D eigenvalue weighted by Gasteiger charge is -2.13. The van der Waals surface area contributed by atoms with Crippen LogP contribution in [0.1, 0.15) is 39.3 Å². The van der Waals surface area contributed by atoms with E-state index in [1.807, 2.05) is 30.5 Å². The molecule has 0 aliphatic carbocycles. The minimum Gasteiger partial charge on any atom is -0.462 e. The van der Waals surface area contributed by atoms with Crippen molar-refractivity contribution in [2.24, 2.45) is 0 Å². The number of rotatable bonds is 5. The van der Waals surface area contributed by atoms with Crippen LogP contribution in [-0.2, 0) is 14.3 Å². The van der Waals surface area contributed by atoms with Crippen LogP contribution in [0, 0.1) is 0 Å². The summed E-state index contributed by atoms with van der Waals surface area (Å²) in [6.45, 7) is 7.25. The molecule has 6 nitrogen and oxygen atoms in total. The fourth-order valence-electron chi connectivity index (χ4n) is 2.98. The molecule has 1 saturated heterocycles. The first-order valence-electron chi connectivity index (χ1n) is 8.82. The van der Waals surface area contributed by atoms with Crippen LogP contribution >= 0.6 is 11.8 Å². The van der Waals surface area contributed by atoms with Crippen molar-refractivity contribution in [3.8, 4) is 0 Å². The highest BCUT2D eigenvalue weighted by Crippen LogP contribution is 2.34. The van der Waals surface area contributed by atoms with Gasteiger partial charge in [0.05, 0.1) is 11.0 Å². The fourth-order valence-corrected chi connectivity index (χ4v) is 3.81. The topological polar surface area (TPSA) is 68.6 Å². The van der Waals surface area contributed by atoms with Gasteiger partial charge >= 0.3 is 5.97 Å². The van der Waals surface area contributed by atoms with Crippen molar-refractivity contribution < 1.29 is 19.1 Å². The van der Waals surface area contributed by atoms with Gasteiger partial charge in [-0.2, -0.15) is 0 Å². The van der Waals surface area contributed by atoms with Crippen LogP contribution in [-0.4, -0.2) is 39.2 Å². The standard InChI is InChI=1S/C20H22N2O4S/c1-12(2)21-10-14(15-7-5-6-8-16(15)21)9-17-19(24)22(20(25)27-17)11-18(23)26-13(3)4/h5-10,12-13H,11H2,1-4H3. The molecule has 7 heteroatoms. The Hall–Kier alpha value is -2.54. The Kier molecular flexibility index (Phi) is 5.41. The minimum absolute atomic E-state index is 0.262. The largest absolute Gasteiger partial charge is 0.462 e. The van der Waals surface area contributed by atoms with Crippen molar-refractivity contribution in [2.75, 3.05) is 6.54 Å². The first-order chi connectivity index (χ1) is 12.8. The first-order valence-corrected chi connectivity index (χ1v) is 9.64. The molecular formula is C20H22N2O4S. The number of carbonyl (C=O) groups excluding carboxylic acids is 3. The Morgan fingerprint density at radius 1 is 1.19 bits per heavy atom. The molecule has 0 unspecified atom stereocenters. The summed E-state index contributed by atoms with van der Waals surface area (Å²) in [6, 6.07) is 8.19. The zero-order valence-electron chi connectivity index (χ0n) is 15.8. The molecule has 0 saturated carbocycles. The van der Waals surface area contributed by atoms with Crippen LogP contribution in [0.5, 0.6) is 0 Å². The third kappa shape index (κ3) is 3.93. The summed E-state index contributed by atoms with van der Waals surface area (Å²) in [5.74, 6) is -1.06. The number of benzene rings is 1. The number of amides is 2. The van der Waals surface area contributed by atoms with Crippen LogP contribution in [0.25, 0.3) is 17.0 Å². The molecule has 142 valence electrons. The molecule has 0 atom stereocenters. The van der Waals surface area contributed by atoms with Gasteiger partial charge in [-0.1, -0.05) is 18.2 Å². The van der Waals surface area contributed by atoms with Crippen molar-refractivity contribution in [1.82, 2.24) is 9.47 Å². The Labute approximate surface area is 162 Å². The highest BCUT2D eigenvalue weighted by molar-refractivity contribution is 8.18. The Balaban J connectivity index is 1.90. The zero-order valence-corrected chi connectivity index (χ0v) is 16.6. The normalized spacial score (nSPS) is 16.4. The highest BCUT2D eigenvalue weighted by Gasteiger charge is 2.37. The first kappa shape index (κ1) is 19.2. The van der Waals surface area contributed by atoms with E-state index >= 15 is 0 Å². The van der Waals surface area contributed by atoms with Crippen LogP contribution in [0.15, 0.2) is 35.4 Å². The van der Waals surface area contributed by atoms with Crippen LogP contribution in [0.4, 0.5) is 4.79 Å². The van der Waals surface area contributed by atoms with E-state index in [1.165, 1.54) is 0 Å². The molecule has 1 fully saturated rings. The number of ether oxygens (including phenoxy) is 1. The number of thioether (sulfide) groups is 1. The summed E-state index contributed by atoms with van der Waals surface area (Å²) in [6.07, 6.45) is 3.41. The van der Waals surface area contributed by atoms with Gasteiger partial charge in [0, 0.05) is 28.7 Å². The van der Waals surface area contributed by atoms with Crippen LogP contribution in [0.3, 0.4) is 0 Å². The predicted octanol–water partition coefficient (Wildman–Crippen LogP) is 4.21. The molecule has 27 heavy (non-hydrogen) atoms. The third-order valence-electron chi connectivity index (χ3n) is 4.14. The SMILES string of the molecule is CC(C)OC(=O)CN1C(=O)SC(=Cc2cn(C(C)C)c3ccccc23)C1=O. The van der Waals surface area contributed by atoms with Crippen molar-refractivity contribution in [3.63, 3.8) is 0 Å². The molecule has 0 bridgehead atoms. The molecule has 2 amide bonds. The number of nitrogens with zero attached hydrogens (tertiary/aromatic N) is 2. The van der Waals surface area contributed by atoms with Gasteiger partial charge < -0.3 is 9.30 Å². The van der Waals surface area contributed by atoms with E-state index in [4.69, 9.17) is 4.74 Å². The molecule has 1 aliphatic rings. The van der Waals surface area contributed by atoms with Gasteiger partial charge in [0.2, 0.25) is 0 Å². The lowest BCUT2D eigenvalue weighted by molar-refractivity contribution is -0.149. The molecule has 1 aliphatic heterocycles. The molecule has 0 N–H and O–H groups in total. The second kappa shape index (κ2) is 7.60. The predicted molar refractivity (Wildman–Crippen MR) is 106 cm³/mol. The second-order valence-electron chi connectivity index (χ2n) is 6.91. The molecule has 2 aromatic rings. The number of carbonyl (C=O) groups is 3. The lowest BCUT2D eigenvalue weighted by Crippen LogP contribution is -2.35. The number of para-hydroxylation sites is 1. The lowest BCUT2D eigenvalue weighted by atomic mass is 10.1. The summed E-state index contributed by atoms with van der Waals surface area (Å²) in [4.78, 5) is 37.9. The van der Waals surface area contributed by atoms with E-state index < -0.39 is 17.1 Å². The van der Waals surface area contributed by atoms with E-state index in [0.717, 1.165) is 33.1 Å². The average Bonchev–Trinajstić information content (AvgIpc) is 3.08. The number of aromatic nitrogens is 1. The third-order valence-corrected chi connectivity index (χ3v) is 5.05. The summed E-state index contributed by atoms with van der Waals surface area (Å²) >= 11 is 0.845. The molecular weight excluding hydrogens is 364 g/mol. The molecule has 1 aromatic carbocycles. The van der Waals surface area contributed by atoms with Gasteiger partial charge in [-0.25, -0.2) is 0 Å². The summed E-state index contributed by atoms with van der Waals surface area (Å²) < 4.78 is 7.16. The van der Waals surface area contributed by atoms with E-state index in [9.17, 15) is 14.4 Å². The van der Waals surface area contributed by atoms with Crippen molar-refractivity contribution >= 4 is 45.9 Å². The Morgan fingerprint density at radius 3 is 2.56 bits per heavy atom. The van der Waals surface area contributed by atoms with Crippen LogP contribution < -0.4 is 0 Å². The zero-order chi connectivity index (χ0) is 19.7. The fraction of sp³-hybridized carbons (Fsp3) is 0.350. The van der Waals surface area contributed by atoms with E-state index in [-0.39, 0.29) is 18.7 Å². The van der Waals surface area contributed by atoms with Crippen molar-refractivity contribution in [2.45, 2.75) is 39.8 Å². The molecule has 3 rings (SSSR count). The average molecular weight is 386 g/mol. The van der Waals surface area contributed by atoms with Gasteiger partial charge in [0.25, 0.3) is 11.1 Å². The molecule has 2 heterocycles. The monoisotopic (exact) mass is 386 g/mol. The smallest absolute Gasteiger partial charge is 0.326 e. The van der Waals surface area contributed by atoms with Gasteiger partial charge in [-0.3, -0.25) is 19.3 Å². The number of hydrogen-bond acceptors (Lipinski definition) is 5. The number of esters is 1. The highest BCUT2D eigenvalue weighted by atomic mass is 32.2. The van der Waals surface area contributed by atoms with Gasteiger partial charge in [-0.15, -0.1) is 0 Å². The quantitative estimate of drug-likeness (QED) is 0.569. The van der Waals surface area contributed by atoms with E-state index in [2.05, 4.69) is 18.4 Å². The summed E-state index contributed by atoms with van der Waals surface area (Å²) in [5.41, 5.74) is 1.94. The molecule has 0 radical (unpaired) electrons. The van der Waals surface area contributed by atoms with Crippen LogP contribution in [0.2, 0.25) is 0 Å². The van der Waals surface area contributed by atoms with Gasteiger partial charge in [-0.05, 0) is 51.6 Å². The second-order valence-corrected chi connectivity index (χ2v) is 7.90. The van der Waals surface area contributed by atoms with Gasteiger partial charge in [0.15, 0.2) is 0 Å². The van der Waals surface area contributed by atoms with Crippen molar-refractivity contribution in [1.29, 1.82) is 0 Å². The van der Waals surface area contributed by atoms with Gasteiger partial charge in [0.1, 0.15) is 6.54 Å². The van der Waals surface area contributed by atoms with E-state index in [0.29, 0.717) is 4.91 Å². The number of hydrogen-bond donors (Lipinski definition) is 0. The number of imide groups is 1. The Bertz CT molecular complexity index is 943. The maximum absolute atomic E-state index is 12.6. The minimum atomic E-state index is -0.593. The van der Waals surface area contributed by atoms with Crippen molar-refractivity contribution in [3.05, 3.63) is 40.9 Å². The summed E-state index contributed by atoms with van der Waals surface area (Å²) in [7, 11) is 0. The molecule has 0 spiro atoms. The maximum atomic E-state index is 12.6. The number of fused-ring (bicyclic) bond motifs is 1.